The lowest BCUT2D eigenvalue weighted by Gasteiger charge is -2.24. The molecule has 2 atom stereocenters. The molecular weight excluding hydrogens is 274 g/mol. The smallest absolute Gasteiger partial charge is 0.326 e. The number of rotatable bonds is 3. The minimum Gasteiger partial charge on any atom is -0.480 e. The number of likely N-dealkylation sites (tertiary alicyclic amines) is 1. The Morgan fingerprint density at radius 1 is 1.56 bits per heavy atom. The van der Waals surface area contributed by atoms with Gasteiger partial charge in [0.25, 0.3) is 0 Å². The fraction of sp³-hybridized carbons (Fsp3) is 0.500. The fourth-order valence-electron chi connectivity index (χ4n) is 2.22. The Morgan fingerprint density at radius 3 is 2.83 bits per heavy atom. The molecule has 0 radical (unpaired) electrons. The molecule has 4 nitrogen and oxygen atoms in total. The average molecular weight is 288 g/mol. The van der Waals surface area contributed by atoms with Crippen LogP contribution in [-0.4, -0.2) is 34.5 Å². The Bertz CT molecular complexity index is 474. The van der Waals surface area contributed by atoms with Crippen molar-refractivity contribution in [2.24, 2.45) is 0 Å². The molecule has 0 aromatic carbocycles. The summed E-state index contributed by atoms with van der Waals surface area (Å²) in [5.41, 5.74) is 0. The van der Waals surface area contributed by atoms with Crippen molar-refractivity contribution in [3.63, 3.8) is 0 Å². The van der Waals surface area contributed by atoms with E-state index in [1.807, 2.05) is 6.07 Å². The lowest BCUT2D eigenvalue weighted by atomic mass is 10.1. The van der Waals surface area contributed by atoms with Gasteiger partial charge >= 0.3 is 5.97 Å². The van der Waals surface area contributed by atoms with Crippen molar-refractivity contribution in [2.75, 3.05) is 6.54 Å². The maximum Gasteiger partial charge on any atom is 0.326 e. The second-order valence-corrected chi connectivity index (χ2v) is 6.14. The summed E-state index contributed by atoms with van der Waals surface area (Å²) in [5.74, 6) is -1.38. The van der Waals surface area contributed by atoms with Gasteiger partial charge in [-0.05, 0) is 31.9 Å². The van der Waals surface area contributed by atoms with Gasteiger partial charge in [-0.15, -0.1) is 11.3 Å². The van der Waals surface area contributed by atoms with Crippen LogP contribution < -0.4 is 0 Å². The summed E-state index contributed by atoms with van der Waals surface area (Å²) >= 11 is 7.21. The molecule has 1 aromatic rings. The minimum atomic E-state index is -0.919. The van der Waals surface area contributed by atoms with E-state index < -0.39 is 12.0 Å². The molecule has 98 valence electrons. The first-order valence-corrected chi connectivity index (χ1v) is 6.98. The highest BCUT2D eigenvalue weighted by Gasteiger charge is 2.36. The normalized spacial score (nSPS) is 21.0. The van der Waals surface area contributed by atoms with Crippen LogP contribution in [0.15, 0.2) is 12.1 Å². The van der Waals surface area contributed by atoms with Gasteiger partial charge in [0.05, 0.1) is 10.3 Å². The Hall–Kier alpha value is -1.07. The summed E-state index contributed by atoms with van der Waals surface area (Å²) in [5, 5.41) is 9.08. The van der Waals surface area contributed by atoms with Crippen LogP contribution in [0.2, 0.25) is 4.34 Å². The predicted molar refractivity (Wildman–Crippen MR) is 70.1 cm³/mol. The van der Waals surface area contributed by atoms with Gasteiger partial charge in [-0.2, -0.15) is 0 Å². The second kappa shape index (κ2) is 5.28. The van der Waals surface area contributed by atoms with E-state index in [-0.39, 0.29) is 11.8 Å². The van der Waals surface area contributed by atoms with E-state index in [1.54, 1.807) is 13.0 Å². The summed E-state index contributed by atoms with van der Waals surface area (Å²) in [6, 6.07) is 2.90. The van der Waals surface area contributed by atoms with E-state index in [9.17, 15) is 9.59 Å². The van der Waals surface area contributed by atoms with E-state index in [0.717, 1.165) is 11.3 Å². The highest BCUT2D eigenvalue weighted by atomic mass is 35.5. The molecule has 0 spiro atoms. The molecule has 6 heteroatoms. The molecular formula is C12H14ClNO3S. The van der Waals surface area contributed by atoms with E-state index >= 15 is 0 Å². The molecule has 0 aliphatic carbocycles. The predicted octanol–water partition coefficient (Wildman–Crippen LogP) is 2.58. The molecule has 1 aromatic heterocycles. The van der Waals surface area contributed by atoms with Crippen molar-refractivity contribution in [3.05, 3.63) is 21.3 Å². The molecule has 1 fully saturated rings. The number of hydrogen-bond donors (Lipinski definition) is 1. The summed E-state index contributed by atoms with van der Waals surface area (Å²) in [6.07, 6.45) is 1.29. The zero-order valence-electron chi connectivity index (χ0n) is 9.93. The molecule has 0 unspecified atom stereocenters. The summed E-state index contributed by atoms with van der Waals surface area (Å²) < 4.78 is 0.640. The van der Waals surface area contributed by atoms with Crippen molar-refractivity contribution < 1.29 is 14.7 Å². The van der Waals surface area contributed by atoms with E-state index in [4.69, 9.17) is 16.7 Å². The van der Waals surface area contributed by atoms with Gasteiger partial charge in [0.2, 0.25) is 5.91 Å². The van der Waals surface area contributed by atoms with Gasteiger partial charge in [-0.1, -0.05) is 11.6 Å². The standard InChI is InChI=1S/C12H14ClNO3S/c1-7(9-4-5-10(13)18-9)11(15)14-6-2-3-8(14)12(16)17/h4-5,7-8H,2-3,6H2,1H3,(H,16,17)/t7-,8-/m0/s1. The van der Waals surface area contributed by atoms with Crippen LogP contribution >= 0.6 is 22.9 Å². The molecule has 1 aliphatic rings. The van der Waals surface area contributed by atoms with Gasteiger partial charge in [0.15, 0.2) is 0 Å². The molecule has 2 heterocycles. The SMILES string of the molecule is C[C@H](C(=O)N1CCC[C@H]1C(=O)O)c1ccc(Cl)s1. The highest BCUT2D eigenvalue weighted by molar-refractivity contribution is 7.16. The molecule has 0 bridgehead atoms. The van der Waals surface area contributed by atoms with Crippen LogP contribution in [-0.2, 0) is 9.59 Å². The number of carbonyl (C=O) groups excluding carboxylic acids is 1. The number of carboxylic acids is 1. The Balaban J connectivity index is 2.13. The zero-order chi connectivity index (χ0) is 13.3. The molecule has 0 saturated carbocycles. The Kier molecular flexibility index (Phi) is 3.92. The van der Waals surface area contributed by atoms with Crippen molar-refractivity contribution in [1.82, 2.24) is 4.90 Å². The molecule has 1 N–H and O–H groups in total. The highest BCUT2D eigenvalue weighted by Crippen LogP contribution is 2.31. The lowest BCUT2D eigenvalue weighted by molar-refractivity contribution is -0.148. The first-order valence-electron chi connectivity index (χ1n) is 5.79. The zero-order valence-corrected chi connectivity index (χ0v) is 11.5. The van der Waals surface area contributed by atoms with Gasteiger partial charge in [-0.3, -0.25) is 4.79 Å². The van der Waals surface area contributed by atoms with Crippen molar-refractivity contribution in [1.29, 1.82) is 0 Å². The quantitative estimate of drug-likeness (QED) is 0.929. The van der Waals surface area contributed by atoms with Crippen LogP contribution in [0.4, 0.5) is 0 Å². The van der Waals surface area contributed by atoms with Gasteiger partial charge in [-0.25, -0.2) is 4.79 Å². The maximum atomic E-state index is 12.3. The van der Waals surface area contributed by atoms with Gasteiger partial charge in [0.1, 0.15) is 6.04 Å². The van der Waals surface area contributed by atoms with E-state index in [0.29, 0.717) is 17.3 Å². The monoisotopic (exact) mass is 287 g/mol. The van der Waals surface area contributed by atoms with Crippen LogP contribution in [0.3, 0.4) is 0 Å². The maximum absolute atomic E-state index is 12.3. The second-order valence-electron chi connectivity index (χ2n) is 4.39. The molecule has 2 rings (SSSR count). The number of amides is 1. The molecule has 1 amide bonds. The third-order valence-electron chi connectivity index (χ3n) is 3.21. The number of carboxylic acid groups (broad SMARTS) is 1. The van der Waals surface area contributed by atoms with E-state index in [2.05, 4.69) is 0 Å². The number of thiophene rings is 1. The van der Waals surface area contributed by atoms with Crippen LogP contribution in [0, 0.1) is 0 Å². The topological polar surface area (TPSA) is 57.6 Å². The van der Waals surface area contributed by atoms with E-state index in [1.165, 1.54) is 16.2 Å². The molecule has 1 saturated heterocycles. The first-order chi connectivity index (χ1) is 8.50. The molecule has 1 aliphatic heterocycles. The van der Waals surface area contributed by atoms with Crippen LogP contribution in [0.1, 0.15) is 30.6 Å². The number of hydrogen-bond acceptors (Lipinski definition) is 3. The Morgan fingerprint density at radius 2 is 2.28 bits per heavy atom. The number of halogens is 1. The number of nitrogens with zero attached hydrogens (tertiary/aromatic N) is 1. The van der Waals surface area contributed by atoms with Crippen molar-refractivity contribution in [2.45, 2.75) is 31.7 Å². The third-order valence-corrected chi connectivity index (χ3v) is 4.63. The summed E-state index contributed by atoms with van der Waals surface area (Å²) in [6.45, 7) is 2.32. The largest absolute Gasteiger partial charge is 0.480 e. The van der Waals surface area contributed by atoms with Gasteiger partial charge < -0.3 is 10.0 Å². The molecule has 18 heavy (non-hydrogen) atoms. The van der Waals surface area contributed by atoms with Crippen LogP contribution in [0.5, 0.6) is 0 Å². The summed E-state index contributed by atoms with van der Waals surface area (Å²) in [7, 11) is 0. The third kappa shape index (κ3) is 2.52. The first kappa shape index (κ1) is 13.4. The Labute approximate surface area is 114 Å². The minimum absolute atomic E-state index is 0.126. The van der Waals surface area contributed by atoms with Gasteiger partial charge in [0, 0.05) is 11.4 Å². The van der Waals surface area contributed by atoms with Crippen molar-refractivity contribution in [3.8, 4) is 0 Å². The number of carbonyl (C=O) groups is 2. The van der Waals surface area contributed by atoms with Crippen molar-refractivity contribution >= 4 is 34.8 Å². The lowest BCUT2D eigenvalue weighted by Crippen LogP contribution is -2.42. The summed E-state index contributed by atoms with van der Waals surface area (Å²) in [4.78, 5) is 25.7. The van der Waals surface area contributed by atoms with Crippen LogP contribution in [0.25, 0.3) is 0 Å². The number of aliphatic carboxylic acids is 1. The average Bonchev–Trinajstić information content (AvgIpc) is 2.95. The fourth-order valence-corrected chi connectivity index (χ4v) is 3.32.